The van der Waals surface area contributed by atoms with Gasteiger partial charge in [0.2, 0.25) is 0 Å². The third kappa shape index (κ3) is 3.66. The molecule has 1 atom stereocenters. The predicted octanol–water partition coefficient (Wildman–Crippen LogP) is 2.18. The van der Waals surface area contributed by atoms with E-state index in [0.29, 0.717) is 19.0 Å². The molecule has 2 aromatic rings. The number of aromatic nitrogens is 2. The van der Waals surface area contributed by atoms with Crippen LogP contribution in [0.4, 0.5) is 0 Å². The van der Waals surface area contributed by atoms with Crippen LogP contribution in [0.2, 0.25) is 0 Å². The number of rotatable bonds is 5. The van der Waals surface area contributed by atoms with Crippen LogP contribution in [0, 0.1) is 12.8 Å². The minimum absolute atomic E-state index is 0.342. The maximum Gasteiger partial charge on any atom is 0.281 e. The first-order valence-corrected chi connectivity index (χ1v) is 10.1. The second-order valence-electron chi connectivity index (χ2n) is 6.33. The van der Waals surface area contributed by atoms with Gasteiger partial charge in [-0.05, 0) is 37.3 Å². The Kier molecular flexibility index (Phi) is 5.00. The van der Waals surface area contributed by atoms with E-state index in [2.05, 4.69) is 16.0 Å². The lowest BCUT2D eigenvalue weighted by atomic mass is 10.00. The Balaban J connectivity index is 1.63. The van der Waals surface area contributed by atoms with E-state index < -0.39 is 10.2 Å². The molecule has 24 heavy (non-hydrogen) atoms. The van der Waals surface area contributed by atoms with Crippen LogP contribution in [0.3, 0.4) is 0 Å². The summed E-state index contributed by atoms with van der Waals surface area (Å²) in [4.78, 5) is 10.0. The molecule has 0 radical (unpaired) electrons. The van der Waals surface area contributed by atoms with Crippen molar-refractivity contribution in [2.45, 2.75) is 19.8 Å². The molecule has 0 N–H and O–H groups in total. The van der Waals surface area contributed by atoms with Gasteiger partial charge in [-0.15, -0.1) is 11.3 Å². The van der Waals surface area contributed by atoms with Crippen molar-refractivity contribution in [2.24, 2.45) is 5.92 Å². The molecule has 0 spiro atoms. The number of thiazole rings is 1. The molecule has 1 aliphatic rings. The monoisotopic (exact) mass is 366 g/mol. The molecule has 0 bridgehead atoms. The second kappa shape index (κ2) is 6.87. The summed E-state index contributed by atoms with van der Waals surface area (Å²) in [7, 11) is -0.148. The van der Waals surface area contributed by atoms with E-state index >= 15 is 0 Å². The fourth-order valence-corrected chi connectivity index (χ4v) is 4.82. The molecule has 1 saturated heterocycles. The molecule has 6 nitrogen and oxygen atoms in total. The van der Waals surface area contributed by atoms with Crippen LogP contribution in [0.5, 0.6) is 0 Å². The van der Waals surface area contributed by atoms with Gasteiger partial charge >= 0.3 is 0 Å². The zero-order valence-corrected chi connectivity index (χ0v) is 15.8. The standard InChI is InChI=1S/C16H22N4O2S2/c1-12-9-18-16(23-12)15-5-4-13(10-17-15)8-14-6-7-20(11-14)24(21,22)19(2)3/h4-5,9-10,14H,6-8,11H2,1-3H3/t14-/m1/s1. The Bertz CT molecular complexity index is 800. The number of hydrogen-bond acceptors (Lipinski definition) is 5. The van der Waals surface area contributed by atoms with Crippen LogP contribution < -0.4 is 0 Å². The summed E-state index contributed by atoms with van der Waals surface area (Å²) >= 11 is 1.63. The zero-order chi connectivity index (χ0) is 17.3. The normalized spacial score (nSPS) is 19.2. The third-order valence-corrected chi connectivity index (χ3v) is 7.07. The van der Waals surface area contributed by atoms with Crippen molar-refractivity contribution in [3.05, 3.63) is 35.0 Å². The quantitative estimate of drug-likeness (QED) is 0.813. The first-order chi connectivity index (χ1) is 11.4. The van der Waals surface area contributed by atoms with Gasteiger partial charge in [0.25, 0.3) is 10.2 Å². The summed E-state index contributed by atoms with van der Waals surface area (Å²) in [5, 5.41) is 0.933. The van der Waals surface area contributed by atoms with Crippen LogP contribution in [0.25, 0.3) is 10.7 Å². The summed E-state index contributed by atoms with van der Waals surface area (Å²) in [6.07, 6.45) is 5.48. The first-order valence-electron chi connectivity index (χ1n) is 7.91. The van der Waals surface area contributed by atoms with E-state index in [1.165, 1.54) is 9.18 Å². The largest absolute Gasteiger partial charge is 0.281 e. The fourth-order valence-electron chi connectivity index (χ4n) is 2.88. The van der Waals surface area contributed by atoms with Gasteiger partial charge in [0.05, 0.1) is 5.69 Å². The number of aryl methyl sites for hydroxylation is 1. The molecule has 0 amide bonds. The summed E-state index contributed by atoms with van der Waals surface area (Å²) in [5.41, 5.74) is 2.03. The Morgan fingerprint density at radius 2 is 2.08 bits per heavy atom. The first kappa shape index (κ1) is 17.5. The average Bonchev–Trinajstić information content (AvgIpc) is 3.17. The highest BCUT2D eigenvalue weighted by Gasteiger charge is 2.32. The smallest absolute Gasteiger partial charge is 0.253 e. The van der Waals surface area contributed by atoms with Gasteiger partial charge in [-0.25, -0.2) is 4.98 Å². The van der Waals surface area contributed by atoms with Gasteiger partial charge in [0.15, 0.2) is 0 Å². The molecular weight excluding hydrogens is 344 g/mol. The summed E-state index contributed by atoms with van der Waals surface area (Å²) < 4.78 is 27.2. The van der Waals surface area contributed by atoms with E-state index in [4.69, 9.17) is 0 Å². The Morgan fingerprint density at radius 1 is 1.29 bits per heavy atom. The maximum absolute atomic E-state index is 12.2. The van der Waals surface area contributed by atoms with Crippen LogP contribution in [-0.2, 0) is 16.6 Å². The summed E-state index contributed by atoms with van der Waals surface area (Å²) in [6.45, 7) is 3.20. The van der Waals surface area contributed by atoms with E-state index in [1.807, 2.05) is 25.4 Å². The van der Waals surface area contributed by atoms with Crippen LogP contribution in [0.1, 0.15) is 16.9 Å². The zero-order valence-electron chi connectivity index (χ0n) is 14.1. The molecule has 1 fully saturated rings. The highest BCUT2D eigenvalue weighted by atomic mass is 32.2. The molecule has 0 aromatic carbocycles. The van der Waals surface area contributed by atoms with Gasteiger partial charge in [0, 0.05) is 44.5 Å². The highest BCUT2D eigenvalue weighted by molar-refractivity contribution is 7.86. The van der Waals surface area contributed by atoms with Gasteiger partial charge in [-0.1, -0.05) is 6.07 Å². The molecule has 8 heteroatoms. The van der Waals surface area contributed by atoms with E-state index in [1.54, 1.807) is 29.7 Å². The van der Waals surface area contributed by atoms with Crippen molar-refractivity contribution >= 4 is 21.5 Å². The molecule has 1 aliphatic heterocycles. The molecule has 3 heterocycles. The molecule has 130 valence electrons. The Morgan fingerprint density at radius 3 is 2.67 bits per heavy atom. The van der Waals surface area contributed by atoms with Gasteiger partial charge in [-0.2, -0.15) is 17.0 Å². The maximum atomic E-state index is 12.2. The lowest BCUT2D eigenvalue weighted by molar-refractivity contribution is 0.409. The van der Waals surface area contributed by atoms with Crippen molar-refractivity contribution < 1.29 is 8.42 Å². The van der Waals surface area contributed by atoms with E-state index in [-0.39, 0.29) is 0 Å². The molecular formula is C16H22N4O2S2. The van der Waals surface area contributed by atoms with E-state index in [0.717, 1.165) is 29.1 Å². The van der Waals surface area contributed by atoms with E-state index in [9.17, 15) is 8.42 Å². The molecule has 3 rings (SSSR count). The van der Waals surface area contributed by atoms with Crippen molar-refractivity contribution in [3.63, 3.8) is 0 Å². The third-order valence-electron chi connectivity index (χ3n) is 4.23. The Hall–Kier alpha value is -1.35. The summed E-state index contributed by atoms with van der Waals surface area (Å²) in [5.74, 6) is 0.342. The van der Waals surface area contributed by atoms with Crippen LogP contribution in [0.15, 0.2) is 24.5 Å². The lowest BCUT2D eigenvalue weighted by Gasteiger charge is -2.20. The fraction of sp³-hybridized carbons (Fsp3) is 0.500. The lowest BCUT2D eigenvalue weighted by Crippen LogP contribution is -2.38. The minimum atomic E-state index is -3.30. The second-order valence-corrected chi connectivity index (χ2v) is 9.71. The highest BCUT2D eigenvalue weighted by Crippen LogP contribution is 2.26. The molecule has 0 saturated carbocycles. The van der Waals surface area contributed by atoms with Crippen molar-refractivity contribution in [3.8, 4) is 10.7 Å². The van der Waals surface area contributed by atoms with Crippen molar-refractivity contribution in [2.75, 3.05) is 27.2 Å². The molecule has 0 unspecified atom stereocenters. The minimum Gasteiger partial charge on any atom is -0.253 e. The number of nitrogens with zero attached hydrogens (tertiary/aromatic N) is 4. The number of pyridine rings is 1. The van der Waals surface area contributed by atoms with Crippen LogP contribution in [-0.4, -0.2) is 54.2 Å². The van der Waals surface area contributed by atoms with Gasteiger partial charge in [0.1, 0.15) is 5.01 Å². The van der Waals surface area contributed by atoms with Crippen molar-refractivity contribution in [1.29, 1.82) is 0 Å². The topological polar surface area (TPSA) is 66.4 Å². The SMILES string of the molecule is Cc1cnc(-c2ccc(C[C@H]3CCN(S(=O)(=O)N(C)C)C3)cn2)s1. The Labute approximate surface area is 147 Å². The predicted molar refractivity (Wildman–Crippen MR) is 96.1 cm³/mol. The number of hydrogen-bond donors (Lipinski definition) is 0. The molecule has 0 aliphatic carbocycles. The van der Waals surface area contributed by atoms with Crippen molar-refractivity contribution in [1.82, 2.24) is 18.6 Å². The molecule has 2 aromatic heterocycles. The van der Waals surface area contributed by atoms with Gasteiger partial charge in [-0.3, -0.25) is 4.98 Å². The van der Waals surface area contributed by atoms with Crippen LogP contribution >= 0.6 is 11.3 Å². The van der Waals surface area contributed by atoms with Gasteiger partial charge < -0.3 is 0 Å². The average molecular weight is 367 g/mol. The summed E-state index contributed by atoms with van der Waals surface area (Å²) in [6, 6.07) is 4.07.